The summed E-state index contributed by atoms with van der Waals surface area (Å²) >= 11 is 3.86. The lowest BCUT2D eigenvalue weighted by Crippen LogP contribution is -2.23. The number of aryl methyl sites for hydroxylation is 1. The van der Waals surface area contributed by atoms with Gasteiger partial charge in [-0.05, 0) is 48.6 Å². The molecule has 2 aromatic rings. The van der Waals surface area contributed by atoms with Crippen LogP contribution in [0.2, 0.25) is 0 Å². The highest BCUT2D eigenvalue weighted by Crippen LogP contribution is 2.55. The van der Waals surface area contributed by atoms with Crippen molar-refractivity contribution in [2.75, 3.05) is 0 Å². The Balaban J connectivity index is 1.53. The van der Waals surface area contributed by atoms with Gasteiger partial charge in [-0.2, -0.15) is 0 Å². The molecule has 0 saturated carbocycles. The normalized spacial score (nSPS) is 24.4. The molecule has 1 aliphatic carbocycles. The van der Waals surface area contributed by atoms with Gasteiger partial charge in [-0.3, -0.25) is 0 Å². The zero-order chi connectivity index (χ0) is 16.3. The fraction of sp³-hybridized carbons (Fsp3) is 0.350. The van der Waals surface area contributed by atoms with Crippen LogP contribution in [0.5, 0.6) is 0 Å². The highest BCUT2D eigenvalue weighted by atomic mass is 32.2. The van der Waals surface area contributed by atoms with Crippen LogP contribution >= 0.6 is 23.1 Å². The molecule has 4 heteroatoms. The van der Waals surface area contributed by atoms with Crippen molar-refractivity contribution < 1.29 is 0 Å². The highest BCUT2D eigenvalue weighted by Gasteiger charge is 2.37. The van der Waals surface area contributed by atoms with E-state index in [0.717, 1.165) is 5.92 Å². The maximum Gasteiger partial charge on any atom is 0.124 e. The van der Waals surface area contributed by atoms with Gasteiger partial charge >= 0.3 is 0 Å². The van der Waals surface area contributed by atoms with E-state index in [1.807, 2.05) is 29.4 Å². The van der Waals surface area contributed by atoms with Crippen LogP contribution in [0.4, 0.5) is 5.00 Å². The highest BCUT2D eigenvalue weighted by molar-refractivity contribution is 8.02. The third-order valence-corrected chi connectivity index (χ3v) is 7.52. The van der Waals surface area contributed by atoms with Crippen molar-refractivity contribution in [1.29, 1.82) is 0 Å². The van der Waals surface area contributed by atoms with Crippen LogP contribution in [0.3, 0.4) is 0 Å². The predicted molar refractivity (Wildman–Crippen MR) is 105 cm³/mol. The Hall–Kier alpha value is -1.52. The van der Waals surface area contributed by atoms with Crippen LogP contribution in [-0.4, -0.2) is 11.2 Å². The van der Waals surface area contributed by atoms with E-state index >= 15 is 0 Å². The Kier molecular flexibility index (Phi) is 3.39. The van der Waals surface area contributed by atoms with E-state index in [2.05, 4.69) is 48.4 Å². The molecule has 0 radical (unpaired) electrons. The first-order chi connectivity index (χ1) is 11.7. The van der Waals surface area contributed by atoms with Crippen LogP contribution in [0, 0.1) is 12.8 Å². The molecule has 3 aliphatic rings. The lowest BCUT2D eigenvalue weighted by atomic mass is 9.88. The molecule has 0 fully saturated rings. The number of fused-ring (bicyclic) bond motifs is 5. The van der Waals surface area contributed by atoms with E-state index in [4.69, 9.17) is 4.99 Å². The summed E-state index contributed by atoms with van der Waals surface area (Å²) in [6.07, 6.45) is 5.82. The van der Waals surface area contributed by atoms with E-state index in [-0.39, 0.29) is 0 Å². The Morgan fingerprint density at radius 2 is 2.04 bits per heavy atom. The fourth-order valence-electron chi connectivity index (χ4n) is 3.88. The molecule has 0 bridgehead atoms. The minimum atomic E-state index is 0.377. The zero-order valence-corrected chi connectivity index (χ0v) is 15.6. The number of thioether (sulfide) groups is 1. The molecule has 2 aliphatic heterocycles. The molecule has 0 spiro atoms. The average molecular weight is 353 g/mol. The number of thiophene rings is 1. The van der Waals surface area contributed by atoms with E-state index in [1.54, 1.807) is 10.4 Å². The molecule has 5 rings (SSSR count). The van der Waals surface area contributed by atoms with Crippen LogP contribution in [0.1, 0.15) is 45.8 Å². The number of nitrogens with zero attached hydrogens (tertiary/aromatic N) is 2. The number of hydrogen-bond acceptors (Lipinski definition) is 4. The second-order valence-corrected chi connectivity index (χ2v) is 9.12. The monoisotopic (exact) mass is 352 g/mol. The van der Waals surface area contributed by atoms with Gasteiger partial charge in [0.1, 0.15) is 10.4 Å². The lowest BCUT2D eigenvalue weighted by Gasteiger charge is -2.29. The maximum atomic E-state index is 4.82. The average Bonchev–Trinajstić information content (AvgIpc) is 3.15. The smallest absolute Gasteiger partial charge is 0.124 e. The first-order valence-electron chi connectivity index (χ1n) is 8.60. The van der Waals surface area contributed by atoms with Gasteiger partial charge in [0.2, 0.25) is 0 Å². The van der Waals surface area contributed by atoms with E-state index < -0.39 is 0 Å². The van der Waals surface area contributed by atoms with Crippen molar-refractivity contribution in [2.24, 2.45) is 10.9 Å². The molecule has 1 aromatic carbocycles. The van der Waals surface area contributed by atoms with E-state index in [9.17, 15) is 0 Å². The van der Waals surface area contributed by atoms with Crippen molar-refractivity contribution in [1.82, 2.24) is 4.90 Å². The summed E-state index contributed by atoms with van der Waals surface area (Å²) in [5.74, 6) is 0.815. The van der Waals surface area contributed by atoms with Gasteiger partial charge < -0.3 is 4.90 Å². The quantitative estimate of drug-likeness (QED) is 0.635. The summed E-state index contributed by atoms with van der Waals surface area (Å²) in [5, 5.41) is 3.94. The van der Waals surface area contributed by atoms with Crippen LogP contribution in [0.15, 0.2) is 34.7 Å². The summed E-state index contributed by atoms with van der Waals surface area (Å²) in [6.45, 7) is 4.51. The first-order valence-corrected chi connectivity index (χ1v) is 10.4. The van der Waals surface area contributed by atoms with Crippen LogP contribution in [0.25, 0.3) is 5.70 Å². The summed E-state index contributed by atoms with van der Waals surface area (Å²) in [5.41, 5.74) is 6.96. The van der Waals surface area contributed by atoms with Crippen LogP contribution < -0.4 is 0 Å². The molecule has 24 heavy (non-hydrogen) atoms. The minimum absolute atomic E-state index is 0.377. The van der Waals surface area contributed by atoms with Gasteiger partial charge in [-0.1, -0.05) is 36.8 Å². The van der Waals surface area contributed by atoms with Gasteiger partial charge in [0.05, 0.1) is 12.0 Å². The number of aliphatic imine (C=N–C) groups is 1. The Morgan fingerprint density at radius 3 is 2.88 bits per heavy atom. The zero-order valence-electron chi connectivity index (χ0n) is 14.0. The van der Waals surface area contributed by atoms with Gasteiger partial charge in [-0.15, -0.1) is 23.1 Å². The maximum absolute atomic E-state index is 4.82. The summed E-state index contributed by atoms with van der Waals surface area (Å²) < 4.78 is 0. The molecule has 2 unspecified atom stereocenters. The second kappa shape index (κ2) is 5.50. The Bertz CT molecular complexity index is 861. The van der Waals surface area contributed by atoms with Gasteiger partial charge in [0.15, 0.2) is 0 Å². The summed E-state index contributed by atoms with van der Waals surface area (Å²) in [7, 11) is 0. The van der Waals surface area contributed by atoms with Crippen LogP contribution in [-0.2, 0) is 12.8 Å². The molecule has 2 nitrogen and oxygen atoms in total. The number of hydrogen-bond donors (Lipinski definition) is 0. The molecule has 0 saturated heterocycles. The first kappa shape index (κ1) is 14.8. The Labute approximate surface area is 151 Å². The van der Waals surface area contributed by atoms with E-state index in [1.165, 1.54) is 46.7 Å². The third kappa shape index (κ3) is 2.20. The van der Waals surface area contributed by atoms with Crippen molar-refractivity contribution >= 4 is 40.1 Å². The van der Waals surface area contributed by atoms with Gasteiger partial charge in [-0.25, -0.2) is 4.99 Å². The molecule has 2 atom stereocenters. The molecular weight excluding hydrogens is 332 g/mol. The van der Waals surface area contributed by atoms with E-state index in [0.29, 0.717) is 5.37 Å². The number of rotatable bonds is 1. The molecule has 122 valence electrons. The van der Waals surface area contributed by atoms with Crippen molar-refractivity contribution in [3.05, 3.63) is 56.8 Å². The Morgan fingerprint density at radius 1 is 1.21 bits per heavy atom. The fourth-order valence-corrected chi connectivity index (χ4v) is 6.54. The lowest BCUT2D eigenvalue weighted by molar-refractivity contribution is 0.500. The molecule has 0 N–H and O–H groups in total. The molecule has 0 amide bonds. The minimum Gasteiger partial charge on any atom is -0.314 e. The summed E-state index contributed by atoms with van der Waals surface area (Å²) in [6, 6.07) is 8.82. The SMILES string of the molecule is Cc1ccc(C2=CSC3c4c(sc5c4CCC(C)C5)N=CN23)cc1. The molecule has 1 aromatic heterocycles. The largest absolute Gasteiger partial charge is 0.314 e. The standard InChI is InChI=1S/C20H20N2S2/c1-12-3-6-14(7-4-12)16-10-23-20-18-15-8-5-13(2)9-17(15)24-19(18)21-11-22(16)20/h3-4,6-7,10-11,13,20H,5,8-9H2,1-2H3. The number of benzene rings is 1. The van der Waals surface area contributed by atoms with Gasteiger partial charge in [0.25, 0.3) is 0 Å². The molecular formula is C20H20N2S2. The predicted octanol–water partition coefficient (Wildman–Crippen LogP) is 5.90. The van der Waals surface area contributed by atoms with Crippen molar-refractivity contribution in [3.8, 4) is 0 Å². The van der Waals surface area contributed by atoms with Gasteiger partial charge in [0, 0.05) is 10.4 Å². The van der Waals surface area contributed by atoms with Crippen molar-refractivity contribution in [3.63, 3.8) is 0 Å². The summed E-state index contributed by atoms with van der Waals surface area (Å²) in [4.78, 5) is 8.77. The topological polar surface area (TPSA) is 15.6 Å². The third-order valence-electron chi connectivity index (χ3n) is 5.27. The van der Waals surface area contributed by atoms with Crippen molar-refractivity contribution in [2.45, 2.75) is 38.5 Å². The molecule has 3 heterocycles. The second-order valence-electron chi connectivity index (χ2n) is 7.08.